The van der Waals surface area contributed by atoms with Gasteiger partial charge in [0.05, 0.1) is 12.3 Å². The summed E-state index contributed by atoms with van der Waals surface area (Å²) in [6.45, 7) is 0.518. The fraction of sp³-hybridized carbons (Fsp3) is 0.625. The molecule has 0 unspecified atom stereocenters. The molecule has 0 aliphatic carbocycles. The normalized spacial score (nSPS) is 11.5. The molecule has 3 nitrogen and oxygen atoms in total. The minimum absolute atomic E-state index is 0.182. The monoisotopic (exact) mass is 336 g/mol. The van der Waals surface area contributed by atoms with E-state index in [1.165, 1.54) is 18.2 Å². The Bertz CT molecular complexity index is 452. The molecule has 1 rings (SSSR count). The highest BCUT2D eigenvalue weighted by atomic mass is 19.4. The molecule has 3 N–H and O–H groups in total. The van der Waals surface area contributed by atoms with Gasteiger partial charge in [-0.1, -0.05) is 32.1 Å². The highest BCUT2D eigenvalue weighted by Gasteiger charge is 2.25. The molecule has 0 aliphatic rings. The second kappa shape index (κ2) is 10.3. The summed E-state index contributed by atoms with van der Waals surface area (Å²) >= 11 is 0. The third-order valence-corrected chi connectivity index (χ3v) is 3.47. The quantitative estimate of drug-likeness (QED) is 0.253. The number of rotatable bonds is 11. The Morgan fingerprint density at radius 2 is 1.57 bits per heavy atom. The van der Waals surface area contributed by atoms with E-state index in [1.807, 2.05) is 0 Å². The topological polar surface area (TPSA) is 47.3 Å². The van der Waals surface area contributed by atoms with Crippen molar-refractivity contribution in [3.63, 3.8) is 0 Å². The highest BCUT2D eigenvalue weighted by molar-refractivity contribution is 5.48. The molecule has 1 aromatic rings. The van der Waals surface area contributed by atoms with E-state index in [-0.39, 0.29) is 12.1 Å². The SMILES string of the molecule is NNc1cc(OCCCCCCCCCC(F)(F)F)ccc1F. The standard InChI is InChI=1S/C16H24F4N2O/c17-14-9-8-13(12-15(14)22-21)23-11-7-5-3-1-2-4-6-10-16(18,19)20/h8-9,12,22H,1-7,10-11,21H2. The summed E-state index contributed by atoms with van der Waals surface area (Å²) in [5.41, 5.74) is 2.44. The lowest BCUT2D eigenvalue weighted by atomic mass is 10.1. The van der Waals surface area contributed by atoms with Gasteiger partial charge in [-0.05, 0) is 25.0 Å². The van der Waals surface area contributed by atoms with E-state index in [1.54, 1.807) is 0 Å². The Balaban J connectivity index is 1.99. The third-order valence-electron chi connectivity index (χ3n) is 3.47. The van der Waals surface area contributed by atoms with E-state index in [0.717, 1.165) is 32.1 Å². The fourth-order valence-electron chi connectivity index (χ4n) is 2.21. The van der Waals surface area contributed by atoms with Gasteiger partial charge in [-0.2, -0.15) is 13.2 Å². The van der Waals surface area contributed by atoms with Crippen molar-refractivity contribution in [2.75, 3.05) is 12.0 Å². The number of nitrogens with one attached hydrogen (secondary N) is 1. The Kier molecular flexibility index (Phi) is 8.76. The summed E-state index contributed by atoms with van der Waals surface area (Å²) in [6.07, 6.45) is 0.697. The van der Waals surface area contributed by atoms with Crippen molar-refractivity contribution < 1.29 is 22.3 Å². The molecule has 0 spiro atoms. The molecule has 0 radical (unpaired) electrons. The van der Waals surface area contributed by atoms with E-state index < -0.39 is 18.4 Å². The van der Waals surface area contributed by atoms with Crippen LogP contribution in [0.1, 0.15) is 51.4 Å². The van der Waals surface area contributed by atoms with Gasteiger partial charge in [-0.15, -0.1) is 0 Å². The maximum absolute atomic E-state index is 13.2. The molecule has 23 heavy (non-hydrogen) atoms. The first kappa shape index (κ1) is 19.5. The third kappa shape index (κ3) is 9.28. The Morgan fingerprint density at radius 3 is 2.17 bits per heavy atom. The number of halogens is 4. The molecule has 0 fully saturated rings. The smallest absolute Gasteiger partial charge is 0.389 e. The number of alkyl halides is 3. The molecule has 7 heteroatoms. The molecular formula is C16H24F4N2O. The number of nitrogen functional groups attached to an aromatic ring is 1. The number of hydrazine groups is 1. The second-order valence-electron chi connectivity index (χ2n) is 5.47. The van der Waals surface area contributed by atoms with Crippen LogP contribution < -0.4 is 16.0 Å². The van der Waals surface area contributed by atoms with E-state index in [0.29, 0.717) is 18.8 Å². The molecule has 0 aromatic heterocycles. The molecule has 0 atom stereocenters. The van der Waals surface area contributed by atoms with Crippen LogP contribution in [0.15, 0.2) is 18.2 Å². The van der Waals surface area contributed by atoms with E-state index in [2.05, 4.69) is 5.43 Å². The van der Waals surface area contributed by atoms with Crippen LogP contribution in [0.3, 0.4) is 0 Å². The molecule has 0 amide bonds. The summed E-state index contributed by atoms with van der Waals surface area (Å²) in [5, 5.41) is 0. The molecule has 1 aromatic carbocycles. The lowest BCUT2D eigenvalue weighted by Crippen LogP contribution is -2.09. The van der Waals surface area contributed by atoms with E-state index in [4.69, 9.17) is 10.6 Å². The zero-order valence-electron chi connectivity index (χ0n) is 13.1. The molecule has 132 valence electrons. The van der Waals surface area contributed by atoms with Crippen molar-refractivity contribution in [2.24, 2.45) is 5.84 Å². The first-order valence-corrected chi connectivity index (χ1v) is 7.88. The largest absolute Gasteiger partial charge is 0.494 e. The molecule has 0 heterocycles. The summed E-state index contributed by atoms with van der Waals surface area (Å²) in [6, 6.07) is 4.32. The van der Waals surface area contributed by atoms with Gasteiger partial charge in [0.1, 0.15) is 11.6 Å². The zero-order chi connectivity index (χ0) is 17.1. The first-order valence-electron chi connectivity index (χ1n) is 7.88. The number of hydrogen-bond donors (Lipinski definition) is 2. The first-order chi connectivity index (χ1) is 10.9. The minimum Gasteiger partial charge on any atom is -0.494 e. The number of hydrogen-bond acceptors (Lipinski definition) is 3. The van der Waals surface area contributed by atoms with Crippen LogP contribution in [0.25, 0.3) is 0 Å². The number of anilines is 1. The Morgan fingerprint density at radius 1 is 0.957 bits per heavy atom. The van der Waals surface area contributed by atoms with Crippen LogP contribution in [-0.4, -0.2) is 12.8 Å². The van der Waals surface area contributed by atoms with Crippen LogP contribution in [0, 0.1) is 5.82 Å². The maximum Gasteiger partial charge on any atom is 0.389 e. The lowest BCUT2D eigenvalue weighted by Gasteiger charge is -2.09. The van der Waals surface area contributed by atoms with Gasteiger partial charge in [-0.3, -0.25) is 5.84 Å². The number of nitrogens with two attached hydrogens (primary N) is 1. The number of unbranched alkanes of at least 4 members (excludes halogenated alkanes) is 6. The van der Waals surface area contributed by atoms with Crippen LogP contribution in [0.4, 0.5) is 23.2 Å². The van der Waals surface area contributed by atoms with Gasteiger partial charge in [0.2, 0.25) is 0 Å². The van der Waals surface area contributed by atoms with Crippen LogP contribution >= 0.6 is 0 Å². The molecule has 0 saturated heterocycles. The lowest BCUT2D eigenvalue weighted by molar-refractivity contribution is -0.135. The summed E-state index contributed by atoms with van der Waals surface area (Å²) in [5.74, 6) is 5.29. The van der Waals surface area contributed by atoms with E-state index in [9.17, 15) is 17.6 Å². The average Bonchev–Trinajstić information content (AvgIpc) is 2.49. The molecular weight excluding hydrogens is 312 g/mol. The average molecular weight is 336 g/mol. The second-order valence-corrected chi connectivity index (χ2v) is 5.47. The Hall–Kier alpha value is -1.50. The van der Waals surface area contributed by atoms with Gasteiger partial charge < -0.3 is 10.2 Å². The van der Waals surface area contributed by atoms with Crippen molar-refractivity contribution >= 4 is 5.69 Å². The number of ether oxygens (including phenoxy) is 1. The maximum atomic E-state index is 13.2. The predicted molar refractivity (Wildman–Crippen MR) is 82.7 cm³/mol. The van der Waals surface area contributed by atoms with Gasteiger partial charge in [0.25, 0.3) is 0 Å². The van der Waals surface area contributed by atoms with Gasteiger partial charge in [0, 0.05) is 12.5 Å². The van der Waals surface area contributed by atoms with E-state index >= 15 is 0 Å². The van der Waals surface area contributed by atoms with Crippen molar-refractivity contribution in [1.82, 2.24) is 0 Å². The van der Waals surface area contributed by atoms with Crippen molar-refractivity contribution in [1.29, 1.82) is 0 Å². The minimum atomic E-state index is -4.03. The van der Waals surface area contributed by atoms with Crippen molar-refractivity contribution in [3.05, 3.63) is 24.0 Å². The van der Waals surface area contributed by atoms with Gasteiger partial charge >= 0.3 is 6.18 Å². The van der Waals surface area contributed by atoms with Crippen LogP contribution in [0.2, 0.25) is 0 Å². The Labute approximate surface area is 134 Å². The van der Waals surface area contributed by atoms with Gasteiger partial charge in [-0.25, -0.2) is 4.39 Å². The molecule has 0 aliphatic heterocycles. The number of benzene rings is 1. The van der Waals surface area contributed by atoms with Crippen molar-refractivity contribution in [3.8, 4) is 5.75 Å². The van der Waals surface area contributed by atoms with Crippen LogP contribution in [0.5, 0.6) is 5.75 Å². The summed E-state index contributed by atoms with van der Waals surface area (Å²) < 4.78 is 54.5. The predicted octanol–water partition coefficient (Wildman–Crippen LogP) is 5.17. The van der Waals surface area contributed by atoms with Crippen LogP contribution in [-0.2, 0) is 0 Å². The zero-order valence-corrected chi connectivity index (χ0v) is 13.1. The molecule has 0 bridgehead atoms. The molecule has 0 saturated carbocycles. The summed E-state index contributed by atoms with van der Waals surface area (Å²) in [4.78, 5) is 0. The van der Waals surface area contributed by atoms with Crippen molar-refractivity contribution in [2.45, 2.75) is 57.5 Å². The fourth-order valence-corrected chi connectivity index (χ4v) is 2.21. The van der Waals surface area contributed by atoms with Gasteiger partial charge in [0.15, 0.2) is 0 Å². The highest BCUT2D eigenvalue weighted by Crippen LogP contribution is 2.23. The summed E-state index contributed by atoms with van der Waals surface area (Å²) in [7, 11) is 0.